The van der Waals surface area contributed by atoms with E-state index >= 15 is 0 Å². The van der Waals surface area contributed by atoms with E-state index in [0.717, 1.165) is 25.9 Å². The van der Waals surface area contributed by atoms with Crippen LogP contribution in [0.25, 0.3) is 0 Å². The quantitative estimate of drug-likeness (QED) is 0.879. The van der Waals surface area contributed by atoms with E-state index in [2.05, 4.69) is 17.2 Å². The number of pyridine rings is 1. The Balaban J connectivity index is 1.98. The van der Waals surface area contributed by atoms with E-state index in [-0.39, 0.29) is 0 Å². The normalized spacial score (nSPS) is 18.6. The lowest BCUT2D eigenvalue weighted by molar-refractivity contribution is 0.268. The van der Waals surface area contributed by atoms with Crippen molar-refractivity contribution in [2.75, 3.05) is 26.2 Å². The second-order valence-electron chi connectivity index (χ2n) is 4.84. The number of hydrogen-bond donors (Lipinski definition) is 1. The fourth-order valence-corrected chi connectivity index (χ4v) is 3.79. The van der Waals surface area contributed by atoms with Gasteiger partial charge in [-0.1, -0.05) is 6.92 Å². The standard InChI is InChI=1S/C13H21N3O2S/c1-2-14-10-12-5-8-16(9-6-12)19(17,18)13-4-3-7-15-11-13/h3-4,7,11-12,14H,2,5-6,8-10H2,1H3. The Morgan fingerprint density at radius 2 is 2.16 bits per heavy atom. The SMILES string of the molecule is CCNCC1CCN(S(=O)(=O)c2cccnc2)CC1. The third kappa shape index (κ3) is 3.52. The number of piperidine rings is 1. The summed E-state index contributed by atoms with van der Waals surface area (Å²) >= 11 is 0. The summed E-state index contributed by atoms with van der Waals surface area (Å²) in [6.07, 6.45) is 4.85. The first-order valence-corrected chi connectivity index (χ1v) is 8.19. The molecule has 2 heterocycles. The second kappa shape index (κ2) is 6.45. The molecular weight excluding hydrogens is 262 g/mol. The fourth-order valence-electron chi connectivity index (χ4n) is 2.35. The van der Waals surface area contributed by atoms with Crippen LogP contribution in [0.15, 0.2) is 29.4 Å². The molecule has 0 atom stereocenters. The van der Waals surface area contributed by atoms with Crippen LogP contribution in [0.5, 0.6) is 0 Å². The van der Waals surface area contributed by atoms with Crippen molar-refractivity contribution in [3.05, 3.63) is 24.5 Å². The molecule has 1 aliphatic rings. The van der Waals surface area contributed by atoms with Gasteiger partial charge in [0.1, 0.15) is 4.90 Å². The van der Waals surface area contributed by atoms with Gasteiger partial charge in [-0.15, -0.1) is 0 Å². The Labute approximate surface area is 115 Å². The van der Waals surface area contributed by atoms with E-state index in [1.807, 2.05) is 0 Å². The summed E-state index contributed by atoms with van der Waals surface area (Å²) in [6.45, 7) is 5.24. The van der Waals surface area contributed by atoms with Crippen molar-refractivity contribution in [3.8, 4) is 0 Å². The van der Waals surface area contributed by atoms with Gasteiger partial charge < -0.3 is 5.32 Å². The highest BCUT2D eigenvalue weighted by molar-refractivity contribution is 7.89. The topological polar surface area (TPSA) is 62.3 Å². The number of aromatic nitrogens is 1. The summed E-state index contributed by atoms with van der Waals surface area (Å²) in [4.78, 5) is 4.18. The molecule has 1 aliphatic heterocycles. The van der Waals surface area contributed by atoms with Gasteiger partial charge >= 0.3 is 0 Å². The average molecular weight is 283 g/mol. The third-order valence-electron chi connectivity index (χ3n) is 3.53. The van der Waals surface area contributed by atoms with Crippen LogP contribution in [-0.2, 0) is 10.0 Å². The fraction of sp³-hybridized carbons (Fsp3) is 0.615. The Hall–Kier alpha value is -0.980. The molecular formula is C13H21N3O2S. The molecule has 0 radical (unpaired) electrons. The number of hydrogen-bond acceptors (Lipinski definition) is 4. The van der Waals surface area contributed by atoms with Crippen LogP contribution < -0.4 is 5.32 Å². The van der Waals surface area contributed by atoms with E-state index in [0.29, 0.717) is 23.9 Å². The number of nitrogens with one attached hydrogen (secondary N) is 1. The number of rotatable bonds is 5. The monoisotopic (exact) mass is 283 g/mol. The predicted molar refractivity (Wildman–Crippen MR) is 74.3 cm³/mol. The van der Waals surface area contributed by atoms with Gasteiger partial charge in [0.2, 0.25) is 10.0 Å². The van der Waals surface area contributed by atoms with Crippen molar-refractivity contribution in [3.63, 3.8) is 0 Å². The molecule has 0 bridgehead atoms. The molecule has 1 aromatic heterocycles. The van der Waals surface area contributed by atoms with E-state index in [9.17, 15) is 8.42 Å². The zero-order valence-electron chi connectivity index (χ0n) is 11.2. The molecule has 5 nitrogen and oxygen atoms in total. The van der Waals surface area contributed by atoms with Crippen molar-refractivity contribution in [2.24, 2.45) is 5.92 Å². The maximum Gasteiger partial charge on any atom is 0.244 e. The first-order chi connectivity index (χ1) is 9.14. The van der Waals surface area contributed by atoms with Crippen molar-refractivity contribution in [2.45, 2.75) is 24.7 Å². The Bertz CT molecular complexity index is 482. The molecule has 0 spiro atoms. The lowest BCUT2D eigenvalue weighted by Crippen LogP contribution is -2.40. The van der Waals surface area contributed by atoms with Crippen LogP contribution in [0.2, 0.25) is 0 Å². The van der Waals surface area contributed by atoms with E-state index < -0.39 is 10.0 Å². The van der Waals surface area contributed by atoms with Crippen molar-refractivity contribution < 1.29 is 8.42 Å². The molecule has 0 saturated carbocycles. The molecule has 2 rings (SSSR count). The largest absolute Gasteiger partial charge is 0.317 e. The molecule has 0 aromatic carbocycles. The maximum atomic E-state index is 12.4. The highest BCUT2D eigenvalue weighted by Gasteiger charge is 2.29. The molecule has 1 N–H and O–H groups in total. The van der Waals surface area contributed by atoms with Crippen molar-refractivity contribution >= 4 is 10.0 Å². The molecule has 19 heavy (non-hydrogen) atoms. The van der Waals surface area contributed by atoms with Gasteiger partial charge in [0.15, 0.2) is 0 Å². The molecule has 106 valence electrons. The summed E-state index contributed by atoms with van der Waals surface area (Å²) in [5, 5.41) is 3.33. The Morgan fingerprint density at radius 3 is 2.74 bits per heavy atom. The van der Waals surface area contributed by atoms with E-state index in [1.54, 1.807) is 22.6 Å². The minimum Gasteiger partial charge on any atom is -0.317 e. The first-order valence-electron chi connectivity index (χ1n) is 6.75. The van der Waals surface area contributed by atoms with Gasteiger partial charge in [0, 0.05) is 25.5 Å². The van der Waals surface area contributed by atoms with Gasteiger partial charge in [-0.2, -0.15) is 4.31 Å². The summed E-state index contributed by atoms with van der Waals surface area (Å²) < 4.78 is 26.3. The van der Waals surface area contributed by atoms with Gasteiger partial charge in [-0.05, 0) is 44.0 Å². The Kier molecular flexibility index (Phi) is 4.90. The van der Waals surface area contributed by atoms with E-state index in [4.69, 9.17) is 0 Å². The minimum atomic E-state index is -3.36. The first kappa shape index (κ1) is 14.4. The molecule has 0 aliphatic carbocycles. The summed E-state index contributed by atoms with van der Waals surface area (Å²) in [5.74, 6) is 0.584. The molecule has 6 heteroatoms. The molecule has 1 aromatic rings. The predicted octanol–water partition coefficient (Wildman–Crippen LogP) is 1.09. The number of nitrogens with zero attached hydrogens (tertiary/aromatic N) is 2. The summed E-state index contributed by atoms with van der Waals surface area (Å²) in [7, 11) is -3.36. The second-order valence-corrected chi connectivity index (χ2v) is 6.78. The third-order valence-corrected chi connectivity index (χ3v) is 5.41. The average Bonchev–Trinajstić information content (AvgIpc) is 2.46. The van der Waals surface area contributed by atoms with Crippen LogP contribution in [0.3, 0.4) is 0 Å². The van der Waals surface area contributed by atoms with Crippen LogP contribution in [0, 0.1) is 5.92 Å². The van der Waals surface area contributed by atoms with Crippen LogP contribution in [0.1, 0.15) is 19.8 Å². The van der Waals surface area contributed by atoms with Crippen molar-refractivity contribution in [1.29, 1.82) is 0 Å². The van der Waals surface area contributed by atoms with Gasteiger partial charge in [0.25, 0.3) is 0 Å². The maximum absolute atomic E-state index is 12.4. The smallest absolute Gasteiger partial charge is 0.244 e. The van der Waals surface area contributed by atoms with Gasteiger partial charge in [-0.25, -0.2) is 8.42 Å². The molecule has 0 unspecified atom stereocenters. The van der Waals surface area contributed by atoms with Crippen LogP contribution in [-0.4, -0.2) is 43.9 Å². The Morgan fingerprint density at radius 1 is 1.42 bits per heavy atom. The molecule has 1 saturated heterocycles. The van der Waals surface area contributed by atoms with Gasteiger partial charge in [0.05, 0.1) is 0 Å². The van der Waals surface area contributed by atoms with Gasteiger partial charge in [-0.3, -0.25) is 4.98 Å². The molecule has 1 fully saturated rings. The lowest BCUT2D eigenvalue weighted by atomic mass is 9.98. The highest BCUT2D eigenvalue weighted by Crippen LogP contribution is 2.22. The zero-order valence-corrected chi connectivity index (χ0v) is 12.1. The lowest BCUT2D eigenvalue weighted by Gasteiger charge is -2.31. The minimum absolute atomic E-state index is 0.292. The highest BCUT2D eigenvalue weighted by atomic mass is 32.2. The summed E-state index contributed by atoms with van der Waals surface area (Å²) in [5.41, 5.74) is 0. The van der Waals surface area contributed by atoms with Crippen molar-refractivity contribution in [1.82, 2.24) is 14.6 Å². The summed E-state index contributed by atoms with van der Waals surface area (Å²) in [6, 6.07) is 3.26. The van der Waals surface area contributed by atoms with Crippen LogP contribution >= 0.6 is 0 Å². The van der Waals surface area contributed by atoms with E-state index in [1.165, 1.54) is 6.20 Å². The number of sulfonamides is 1. The van der Waals surface area contributed by atoms with Crippen LogP contribution in [0.4, 0.5) is 0 Å². The zero-order chi connectivity index (χ0) is 13.7. The molecule has 0 amide bonds.